The molecule has 0 spiro atoms. The van der Waals surface area contributed by atoms with Crippen molar-refractivity contribution in [2.45, 2.75) is 81.5 Å². The highest BCUT2D eigenvalue weighted by atomic mass is 31.2. The van der Waals surface area contributed by atoms with Gasteiger partial charge in [0.05, 0.1) is 32.3 Å². The molecule has 0 aromatic carbocycles. The third kappa shape index (κ3) is 8.91. The zero-order chi connectivity index (χ0) is 41.7. The zero-order valence-electron chi connectivity index (χ0n) is 30.1. The number of anilines is 2. The van der Waals surface area contributed by atoms with E-state index in [0.29, 0.717) is 0 Å². The van der Waals surface area contributed by atoms with Crippen LogP contribution in [0.3, 0.4) is 0 Å². The Balaban J connectivity index is 1.05. The maximum absolute atomic E-state index is 13.3. The number of nitrogens with two attached hydrogens (primary N) is 2. The van der Waals surface area contributed by atoms with E-state index in [4.69, 9.17) is 43.8 Å². The van der Waals surface area contributed by atoms with Gasteiger partial charge in [0.1, 0.15) is 55.0 Å². The quantitative estimate of drug-likeness (QED) is 0.0614. The number of nitrogens with zero attached hydrogens (tertiary/aromatic N) is 6. The fourth-order valence-corrected chi connectivity index (χ4v) is 8.57. The molecule has 58 heavy (non-hydrogen) atoms. The van der Waals surface area contributed by atoms with E-state index in [2.05, 4.69) is 24.9 Å². The Labute approximate surface area is 323 Å². The lowest BCUT2D eigenvalue weighted by Gasteiger charge is -2.24. The highest BCUT2D eigenvalue weighted by Crippen LogP contribution is 2.52. The van der Waals surface area contributed by atoms with Gasteiger partial charge < -0.3 is 45.7 Å². The average molecular weight is 861 g/mol. The van der Waals surface area contributed by atoms with Crippen LogP contribution in [-0.2, 0) is 41.4 Å². The molecule has 0 aliphatic carbocycles. The number of phosphoric ester groups is 2. The second kappa shape index (κ2) is 16.3. The molecule has 7 rings (SSSR count). The fraction of sp³-hybridized carbons (Fsp3) is 0.552. The molecule has 4 aromatic heterocycles. The maximum Gasteiger partial charge on any atom is 0.472 e. The van der Waals surface area contributed by atoms with E-state index < -0.39 is 113 Å². The van der Waals surface area contributed by atoms with Crippen LogP contribution in [0.4, 0.5) is 11.8 Å². The Kier molecular flexibility index (Phi) is 11.7. The van der Waals surface area contributed by atoms with Gasteiger partial charge >= 0.3 is 27.0 Å². The van der Waals surface area contributed by atoms with Gasteiger partial charge in [0.15, 0.2) is 11.2 Å². The summed E-state index contributed by atoms with van der Waals surface area (Å²) in [4.78, 5) is 86.6. The number of H-pyrrole nitrogens is 2. The van der Waals surface area contributed by atoms with Gasteiger partial charge in [0.25, 0.3) is 11.1 Å². The number of aromatic nitrogens is 8. The first-order valence-corrected chi connectivity index (χ1v) is 20.3. The van der Waals surface area contributed by atoms with Crippen LogP contribution in [0.15, 0.2) is 44.0 Å². The van der Waals surface area contributed by atoms with Crippen molar-refractivity contribution in [3.8, 4) is 0 Å². The molecule has 11 atom stereocenters. The SMILES string of the molecule is Cc1cn([C@H]2C[C@H](OP(=O)(O)OC[C@H]3O[C@@H](n4cnc5c(=O)[nH]c(N)nc54)C[C@@H]3OP(=O)(O)OC[C@H]3O[C@@H](n4ccc(N)nc4=O)C[C@@H]3O)[C@@H](CO)O2)c(=O)[nH]c1=O. The highest BCUT2D eigenvalue weighted by Gasteiger charge is 2.46. The molecule has 3 saturated heterocycles. The minimum absolute atomic E-state index is 0.0327. The van der Waals surface area contributed by atoms with Crippen molar-refractivity contribution in [3.05, 3.63) is 72.0 Å². The van der Waals surface area contributed by atoms with E-state index in [-0.39, 0.29) is 47.8 Å². The fourth-order valence-electron chi connectivity index (χ4n) is 6.65. The number of fused-ring (bicyclic) bond motifs is 1. The molecule has 10 N–H and O–H groups in total. The van der Waals surface area contributed by atoms with Crippen LogP contribution in [0.1, 0.15) is 43.5 Å². The molecule has 27 nitrogen and oxygen atoms in total. The third-order valence-corrected chi connectivity index (χ3v) is 11.5. The van der Waals surface area contributed by atoms with E-state index >= 15 is 0 Å². The van der Waals surface area contributed by atoms with Crippen LogP contribution in [0.25, 0.3) is 11.2 Å². The summed E-state index contributed by atoms with van der Waals surface area (Å²) in [6.07, 6.45) is -8.02. The summed E-state index contributed by atoms with van der Waals surface area (Å²) < 4.78 is 68.5. The molecule has 7 heterocycles. The number of hydrogen-bond acceptors (Lipinski definition) is 20. The Morgan fingerprint density at radius 1 is 0.845 bits per heavy atom. The van der Waals surface area contributed by atoms with Gasteiger partial charge in [-0.15, -0.1) is 0 Å². The van der Waals surface area contributed by atoms with Crippen molar-refractivity contribution in [3.63, 3.8) is 0 Å². The van der Waals surface area contributed by atoms with Gasteiger partial charge in [-0.25, -0.2) is 23.7 Å². The van der Waals surface area contributed by atoms with Gasteiger partial charge in [-0.05, 0) is 13.0 Å². The van der Waals surface area contributed by atoms with Gasteiger partial charge in [-0.1, -0.05) is 0 Å². The molecular weight excluding hydrogens is 822 g/mol. The van der Waals surface area contributed by atoms with Crippen LogP contribution < -0.4 is 34.0 Å². The molecule has 3 fully saturated rings. The average Bonchev–Trinajstić information content (AvgIpc) is 3.93. The molecule has 0 radical (unpaired) electrons. The predicted molar refractivity (Wildman–Crippen MR) is 192 cm³/mol. The number of ether oxygens (including phenoxy) is 3. The summed E-state index contributed by atoms with van der Waals surface area (Å²) >= 11 is 0. The van der Waals surface area contributed by atoms with Crippen molar-refractivity contribution in [1.29, 1.82) is 0 Å². The van der Waals surface area contributed by atoms with Crippen LogP contribution >= 0.6 is 15.6 Å². The van der Waals surface area contributed by atoms with Gasteiger partial charge in [-0.3, -0.25) is 51.4 Å². The summed E-state index contributed by atoms with van der Waals surface area (Å²) in [6, 6.07) is 1.34. The van der Waals surface area contributed by atoms with Crippen molar-refractivity contribution >= 4 is 38.6 Å². The third-order valence-electron chi connectivity index (χ3n) is 9.46. The van der Waals surface area contributed by atoms with Gasteiger partial charge in [0.2, 0.25) is 5.95 Å². The van der Waals surface area contributed by atoms with Crippen molar-refractivity contribution in [2.24, 2.45) is 0 Å². The second-order valence-corrected chi connectivity index (χ2v) is 16.3. The number of hydrogen-bond donors (Lipinski definition) is 8. The topological polar surface area (TPSA) is 385 Å². The summed E-state index contributed by atoms with van der Waals surface area (Å²) in [5.41, 5.74) is 8.38. The Hall–Kier alpha value is -4.47. The first-order valence-electron chi connectivity index (χ1n) is 17.4. The number of rotatable bonds is 14. The van der Waals surface area contributed by atoms with Gasteiger partial charge in [-0.2, -0.15) is 9.97 Å². The maximum atomic E-state index is 13.3. The minimum Gasteiger partial charge on any atom is -0.394 e. The lowest BCUT2D eigenvalue weighted by Crippen LogP contribution is -2.33. The molecule has 4 aromatic rings. The standard InChI is InChI=1S/C29H38N10O17P2/c1-12-7-38(29(45)36-25(12)42)21-5-14(16(8-40)52-21)55-58(48,49)51-10-18-15(6-22(54-18)39-11-32-23-24(39)34-27(31)35-26(23)43)56-57(46,47)50-9-17-13(41)4-20(53-17)37-3-2-19(30)33-28(37)44/h2-3,7,11,13-18,20-22,40-41H,4-6,8-10H2,1H3,(H,46,47)(H,48,49)(H2,30,33,44)(H,36,42,45)(H3,31,34,35,43)/t13-,14-,15-,16+,17+,18+,20+,21+,22+/m0/s1. The normalized spacial score (nSPS) is 29.5. The molecule has 3 aliphatic heterocycles. The predicted octanol–water partition coefficient (Wildman–Crippen LogP) is -2.38. The minimum atomic E-state index is -5.08. The van der Waals surface area contributed by atoms with Crippen LogP contribution in [0, 0.1) is 6.92 Å². The molecule has 0 bridgehead atoms. The molecule has 3 aliphatic rings. The monoisotopic (exact) mass is 860 g/mol. The number of nitrogens with one attached hydrogen (secondary N) is 2. The van der Waals surface area contributed by atoms with E-state index in [1.54, 1.807) is 0 Å². The summed E-state index contributed by atoms with van der Waals surface area (Å²) in [5, 5.41) is 20.5. The summed E-state index contributed by atoms with van der Waals surface area (Å²) in [6.45, 7) is -0.774. The first kappa shape index (κ1) is 41.7. The van der Waals surface area contributed by atoms with E-state index in [9.17, 15) is 48.3 Å². The summed E-state index contributed by atoms with van der Waals surface area (Å²) in [5.74, 6) is -0.290. The smallest absolute Gasteiger partial charge is 0.394 e. The van der Waals surface area contributed by atoms with Gasteiger partial charge in [0, 0.05) is 37.2 Å². The number of aliphatic hydroxyl groups is 2. The lowest BCUT2D eigenvalue weighted by atomic mass is 10.2. The van der Waals surface area contributed by atoms with Crippen molar-refractivity contribution in [1.82, 2.24) is 38.6 Å². The first-order chi connectivity index (χ1) is 27.4. The lowest BCUT2D eigenvalue weighted by molar-refractivity contribution is -0.0610. The number of aliphatic hydroxyl groups excluding tert-OH is 2. The van der Waals surface area contributed by atoms with Crippen LogP contribution in [0.2, 0.25) is 0 Å². The van der Waals surface area contributed by atoms with E-state index in [1.807, 2.05) is 0 Å². The second-order valence-electron chi connectivity index (χ2n) is 13.5. The number of aromatic amines is 2. The number of nitrogen functional groups attached to an aromatic ring is 2. The molecule has 2 unspecified atom stereocenters. The van der Waals surface area contributed by atoms with Crippen molar-refractivity contribution in [2.75, 3.05) is 31.3 Å². The summed E-state index contributed by atoms with van der Waals surface area (Å²) in [7, 11) is -10.2. The number of imidazole rings is 1. The molecular formula is C29H38N10O17P2. The molecule has 316 valence electrons. The Morgan fingerprint density at radius 2 is 1.45 bits per heavy atom. The zero-order valence-corrected chi connectivity index (χ0v) is 31.9. The molecule has 0 amide bonds. The van der Waals surface area contributed by atoms with Crippen LogP contribution in [0.5, 0.6) is 0 Å². The number of phosphoric acid groups is 2. The Morgan fingerprint density at radius 3 is 2.12 bits per heavy atom. The van der Waals surface area contributed by atoms with Crippen LogP contribution in [-0.4, -0.2) is 115 Å². The Bertz CT molecular complexity index is 2510. The van der Waals surface area contributed by atoms with Crippen molar-refractivity contribution < 1.29 is 61.4 Å². The molecule has 0 saturated carbocycles. The van der Waals surface area contributed by atoms with E-state index in [0.717, 1.165) is 9.13 Å². The highest BCUT2D eigenvalue weighted by molar-refractivity contribution is 7.47. The van der Waals surface area contributed by atoms with E-state index in [1.165, 1.54) is 36.3 Å². The number of aryl methyl sites for hydroxylation is 1. The largest absolute Gasteiger partial charge is 0.472 e. The molecule has 29 heteroatoms.